The Bertz CT molecular complexity index is 1210. The molecule has 2 aromatic carbocycles. The maximum absolute atomic E-state index is 13.2. The highest BCUT2D eigenvalue weighted by Crippen LogP contribution is 2.29. The summed E-state index contributed by atoms with van der Waals surface area (Å²) in [5, 5.41) is 9.58. The first kappa shape index (κ1) is 22.7. The van der Waals surface area contributed by atoms with Crippen LogP contribution in [0.3, 0.4) is 0 Å². The fourth-order valence-corrected chi connectivity index (χ4v) is 4.46. The smallest absolute Gasteiger partial charge is 0.233 e. The zero-order valence-corrected chi connectivity index (χ0v) is 19.9. The van der Waals surface area contributed by atoms with Gasteiger partial charge in [0.15, 0.2) is 11.0 Å². The molecule has 2 heterocycles. The fourth-order valence-electron chi connectivity index (χ4n) is 3.62. The van der Waals surface area contributed by atoms with E-state index in [1.807, 2.05) is 84.0 Å². The molecule has 4 rings (SSSR count). The van der Waals surface area contributed by atoms with Crippen molar-refractivity contribution in [2.75, 3.05) is 5.75 Å². The van der Waals surface area contributed by atoms with Crippen LogP contribution in [0.1, 0.15) is 25.0 Å². The molecule has 0 aliphatic heterocycles. The Kier molecular flexibility index (Phi) is 7.19. The van der Waals surface area contributed by atoms with Gasteiger partial charge in [-0.05, 0) is 50.1 Å². The van der Waals surface area contributed by atoms with Crippen molar-refractivity contribution in [2.45, 2.75) is 38.5 Å². The number of carbonyl (C=O) groups is 1. The van der Waals surface area contributed by atoms with Gasteiger partial charge in [0, 0.05) is 30.5 Å². The summed E-state index contributed by atoms with van der Waals surface area (Å²) in [6, 6.07) is 22.1. The van der Waals surface area contributed by atoms with Crippen LogP contribution in [0, 0.1) is 6.92 Å². The van der Waals surface area contributed by atoms with Crippen LogP contribution in [0.4, 0.5) is 0 Å². The molecule has 0 bridgehead atoms. The standard InChI is InChI=1S/C26H27N5OS/c1-19(2)30(17-21-11-5-4-6-12-21)24(32)18-33-26-29-28-25(22-13-9-15-27-16-22)31(26)23-14-8-7-10-20(23)3/h4-16,19H,17-18H2,1-3H3. The summed E-state index contributed by atoms with van der Waals surface area (Å²) < 4.78 is 2.02. The van der Waals surface area contributed by atoms with Gasteiger partial charge in [-0.25, -0.2) is 0 Å². The zero-order valence-electron chi connectivity index (χ0n) is 19.0. The summed E-state index contributed by atoms with van der Waals surface area (Å²) in [6.07, 6.45) is 3.51. The Morgan fingerprint density at radius 1 is 1.00 bits per heavy atom. The molecule has 0 N–H and O–H groups in total. The van der Waals surface area contributed by atoms with Gasteiger partial charge in [-0.2, -0.15) is 0 Å². The van der Waals surface area contributed by atoms with Gasteiger partial charge in [-0.15, -0.1) is 10.2 Å². The molecular weight excluding hydrogens is 430 g/mol. The molecule has 0 atom stereocenters. The molecule has 0 radical (unpaired) electrons. The summed E-state index contributed by atoms with van der Waals surface area (Å²) >= 11 is 1.41. The normalized spacial score (nSPS) is 11.0. The quantitative estimate of drug-likeness (QED) is 0.342. The number of amides is 1. The SMILES string of the molecule is Cc1ccccc1-n1c(SCC(=O)N(Cc2ccccc2)C(C)C)nnc1-c1cccnc1. The van der Waals surface area contributed by atoms with Crippen LogP contribution >= 0.6 is 11.8 Å². The number of thioether (sulfide) groups is 1. The predicted molar refractivity (Wildman–Crippen MR) is 132 cm³/mol. The lowest BCUT2D eigenvalue weighted by atomic mass is 10.2. The number of carbonyl (C=O) groups excluding carboxylic acids is 1. The number of aromatic nitrogens is 4. The van der Waals surface area contributed by atoms with E-state index in [9.17, 15) is 4.79 Å². The summed E-state index contributed by atoms with van der Waals surface area (Å²) in [5.41, 5.74) is 4.08. The Labute approximate surface area is 198 Å². The number of hydrogen-bond acceptors (Lipinski definition) is 5. The van der Waals surface area contributed by atoms with Crippen molar-refractivity contribution in [3.8, 4) is 17.1 Å². The minimum atomic E-state index is 0.0705. The lowest BCUT2D eigenvalue weighted by Crippen LogP contribution is -2.37. The third kappa shape index (κ3) is 5.31. The molecule has 1 amide bonds. The third-order valence-corrected chi connectivity index (χ3v) is 6.29. The van der Waals surface area contributed by atoms with Crippen LogP contribution in [0.2, 0.25) is 0 Å². The monoisotopic (exact) mass is 457 g/mol. The molecule has 0 unspecified atom stereocenters. The Balaban J connectivity index is 1.61. The second kappa shape index (κ2) is 10.4. The van der Waals surface area contributed by atoms with Crippen LogP contribution in [0.25, 0.3) is 17.1 Å². The molecule has 0 saturated carbocycles. The van der Waals surface area contributed by atoms with E-state index in [-0.39, 0.29) is 17.7 Å². The van der Waals surface area contributed by atoms with Gasteiger partial charge in [-0.1, -0.05) is 60.3 Å². The molecule has 0 fully saturated rings. The van der Waals surface area contributed by atoms with E-state index >= 15 is 0 Å². The zero-order chi connectivity index (χ0) is 23.2. The van der Waals surface area contributed by atoms with E-state index in [1.54, 1.807) is 12.4 Å². The lowest BCUT2D eigenvalue weighted by molar-refractivity contribution is -0.130. The van der Waals surface area contributed by atoms with E-state index in [0.717, 1.165) is 22.4 Å². The molecular formula is C26H27N5OS. The number of rotatable bonds is 8. The second-order valence-electron chi connectivity index (χ2n) is 8.06. The van der Waals surface area contributed by atoms with Crippen LogP contribution in [0.15, 0.2) is 84.3 Å². The third-order valence-electron chi connectivity index (χ3n) is 5.37. The van der Waals surface area contributed by atoms with Crippen molar-refractivity contribution in [2.24, 2.45) is 0 Å². The summed E-state index contributed by atoms with van der Waals surface area (Å²) in [5.74, 6) is 1.06. The van der Waals surface area contributed by atoms with E-state index in [0.29, 0.717) is 17.5 Å². The number of pyridine rings is 1. The summed E-state index contributed by atoms with van der Waals surface area (Å²) in [6.45, 7) is 6.73. The number of benzene rings is 2. The molecule has 6 nitrogen and oxygen atoms in total. The van der Waals surface area contributed by atoms with E-state index in [4.69, 9.17) is 0 Å². The molecule has 0 aliphatic carbocycles. The lowest BCUT2D eigenvalue weighted by Gasteiger charge is -2.27. The second-order valence-corrected chi connectivity index (χ2v) is 9.00. The topological polar surface area (TPSA) is 63.9 Å². The Morgan fingerprint density at radius 2 is 1.76 bits per heavy atom. The molecule has 0 spiro atoms. The number of hydrogen-bond donors (Lipinski definition) is 0. The van der Waals surface area contributed by atoms with Crippen molar-refractivity contribution in [1.29, 1.82) is 0 Å². The average molecular weight is 458 g/mol. The highest BCUT2D eigenvalue weighted by Gasteiger charge is 2.22. The van der Waals surface area contributed by atoms with Crippen molar-refractivity contribution in [3.63, 3.8) is 0 Å². The van der Waals surface area contributed by atoms with Crippen LogP contribution in [-0.2, 0) is 11.3 Å². The Morgan fingerprint density at radius 3 is 2.45 bits per heavy atom. The van der Waals surface area contributed by atoms with Crippen molar-refractivity contribution < 1.29 is 4.79 Å². The molecule has 33 heavy (non-hydrogen) atoms. The van der Waals surface area contributed by atoms with Gasteiger partial charge in [0.25, 0.3) is 0 Å². The predicted octanol–water partition coefficient (Wildman–Crippen LogP) is 5.17. The summed E-state index contributed by atoms with van der Waals surface area (Å²) in [7, 11) is 0. The highest BCUT2D eigenvalue weighted by atomic mass is 32.2. The maximum Gasteiger partial charge on any atom is 0.233 e. The van der Waals surface area contributed by atoms with Gasteiger partial charge < -0.3 is 4.90 Å². The summed E-state index contributed by atoms with van der Waals surface area (Å²) in [4.78, 5) is 19.3. The maximum atomic E-state index is 13.2. The van der Waals surface area contributed by atoms with Crippen LogP contribution < -0.4 is 0 Å². The van der Waals surface area contributed by atoms with Crippen molar-refractivity contribution in [3.05, 3.63) is 90.3 Å². The number of para-hydroxylation sites is 1. The number of aryl methyl sites for hydroxylation is 1. The van der Waals surface area contributed by atoms with E-state index < -0.39 is 0 Å². The fraction of sp³-hybridized carbons (Fsp3) is 0.231. The van der Waals surface area contributed by atoms with Gasteiger partial charge in [0.1, 0.15) is 0 Å². The minimum absolute atomic E-state index is 0.0705. The highest BCUT2D eigenvalue weighted by molar-refractivity contribution is 7.99. The molecule has 4 aromatic rings. The Hall–Kier alpha value is -3.45. The molecule has 2 aromatic heterocycles. The minimum Gasteiger partial charge on any atom is -0.335 e. The van der Waals surface area contributed by atoms with Gasteiger partial charge in [-0.3, -0.25) is 14.3 Å². The van der Waals surface area contributed by atoms with E-state index in [2.05, 4.69) is 28.2 Å². The van der Waals surface area contributed by atoms with Crippen molar-refractivity contribution in [1.82, 2.24) is 24.6 Å². The molecule has 0 aliphatic rings. The molecule has 7 heteroatoms. The van der Waals surface area contributed by atoms with E-state index in [1.165, 1.54) is 11.8 Å². The first-order chi connectivity index (χ1) is 16.0. The largest absolute Gasteiger partial charge is 0.335 e. The first-order valence-corrected chi connectivity index (χ1v) is 11.9. The van der Waals surface area contributed by atoms with Gasteiger partial charge >= 0.3 is 0 Å². The van der Waals surface area contributed by atoms with Gasteiger partial charge in [0.05, 0.1) is 11.4 Å². The van der Waals surface area contributed by atoms with Crippen LogP contribution in [-0.4, -0.2) is 42.4 Å². The first-order valence-electron chi connectivity index (χ1n) is 10.9. The molecule has 0 saturated heterocycles. The average Bonchev–Trinajstić information content (AvgIpc) is 3.26. The molecule has 168 valence electrons. The van der Waals surface area contributed by atoms with Gasteiger partial charge in [0.2, 0.25) is 5.91 Å². The van der Waals surface area contributed by atoms with Crippen LogP contribution in [0.5, 0.6) is 0 Å². The number of nitrogens with zero attached hydrogens (tertiary/aromatic N) is 5. The van der Waals surface area contributed by atoms with Crippen molar-refractivity contribution >= 4 is 17.7 Å².